The summed E-state index contributed by atoms with van der Waals surface area (Å²) in [4.78, 5) is 24.0. The van der Waals surface area contributed by atoms with Gasteiger partial charge in [0.1, 0.15) is 0 Å². The second-order valence-corrected chi connectivity index (χ2v) is 8.72. The Labute approximate surface area is 185 Å². The van der Waals surface area contributed by atoms with Gasteiger partial charge in [-0.05, 0) is 70.9 Å². The van der Waals surface area contributed by atoms with Crippen molar-refractivity contribution in [2.24, 2.45) is 0 Å². The van der Waals surface area contributed by atoms with Gasteiger partial charge in [-0.15, -0.1) is 0 Å². The van der Waals surface area contributed by atoms with Gasteiger partial charge in [-0.3, -0.25) is 4.79 Å². The van der Waals surface area contributed by atoms with Crippen LogP contribution in [0.5, 0.6) is 0 Å². The van der Waals surface area contributed by atoms with Crippen molar-refractivity contribution in [3.8, 4) is 11.1 Å². The van der Waals surface area contributed by atoms with Crippen molar-refractivity contribution in [3.63, 3.8) is 0 Å². The van der Waals surface area contributed by atoms with Gasteiger partial charge in [-0.1, -0.05) is 36.4 Å². The number of aryl methyl sites for hydroxylation is 2. The highest BCUT2D eigenvalue weighted by Gasteiger charge is 2.26. The van der Waals surface area contributed by atoms with Crippen molar-refractivity contribution < 1.29 is 4.79 Å². The van der Waals surface area contributed by atoms with E-state index >= 15 is 0 Å². The minimum Gasteiger partial charge on any atom is -0.350 e. The van der Waals surface area contributed by atoms with Gasteiger partial charge in [0, 0.05) is 37.1 Å². The summed E-state index contributed by atoms with van der Waals surface area (Å²) in [5.74, 6) is 0.667. The lowest BCUT2D eigenvalue weighted by Gasteiger charge is -2.33. The van der Waals surface area contributed by atoms with Gasteiger partial charge in [-0.2, -0.15) is 0 Å². The summed E-state index contributed by atoms with van der Waals surface area (Å²) < 4.78 is 0.844. The summed E-state index contributed by atoms with van der Waals surface area (Å²) >= 11 is 3.35. The molecule has 5 nitrogen and oxygen atoms in total. The molecule has 2 aromatic carbocycles. The average molecular weight is 465 g/mol. The zero-order valence-electron chi connectivity index (χ0n) is 17.2. The zero-order chi connectivity index (χ0) is 21.1. The molecular weight excluding hydrogens is 440 g/mol. The molecule has 1 aliphatic rings. The molecule has 1 amide bonds. The molecule has 1 fully saturated rings. The molecule has 3 aromatic rings. The maximum Gasteiger partial charge on any atom is 0.254 e. The van der Waals surface area contributed by atoms with Gasteiger partial charge in [-0.25, -0.2) is 9.97 Å². The van der Waals surface area contributed by atoms with Crippen LogP contribution >= 0.6 is 15.9 Å². The molecule has 0 aliphatic carbocycles. The molecular formula is C24H25BrN4O. The second-order valence-electron chi connectivity index (χ2n) is 7.80. The summed E-state index contributed by atoms with van der Waals surface area (Å²) in [5, 5.41) is 3.37. The third-order valence-corrected chi connectivity index (χ3v) is 6.05. The highest BCUT2D eigenvalue weighted by Crippen LogP contribution is 2.28. The molecule has 1 atom stereocenters. The summed E-state index contributed by atoms with van der Waals surface area (Å²) in [6.45, 7) is 5.61. The number of carbonyl (C=O) groups excluding carboxylic acids is 1. The Kier molecular flexibility index (Phi) is 6.13. The largest absolute Gasteiger partial charge is 0.350 e. The van der Waals surface area contributed by atoms with E-state index in [0.29, 0.717) is 12.5 Å². The van der Waals surface area contributed by atoms with Gasteiger partial charge in [0.05, 0.1) is 4.47 Å². The molecule has 1 unspecified atom stereocenters. The maximum atomic E-state index is 13.4. The summed E-state index contributed by atoms with van der Waals surface area (Å²) in [5.41, 5.74) is 5.30. The van der Waals surface area contributed by atoms with E-state index in [9.17, 15) is 4.79 Å². The van der Waals surface area contributed by atoms with Crippen LogP contribution in [0.4, 0.5) is 5.95 Å². The number of amides is 1. The van der Waals surface area contributed by atoms with Crippen molar-refractivity contribution in [3.05, 3.63) is 76.0 Å². The molecule has 1 N–H and O–H groups in total. The molecule has 154 valence electrons. The number of hydrogen-bond donors (Lipinski definition) is 1. The fraction of sp³-hybridized carbons (Fsp3) is 0.292. The quantitative estimate of drug-likeness (QED) is 0.573. The lowest BCUT2D eigenvalue weighted by molar-refractivity contribution is 0.0715. The standard InChI is InChI=1S/C24H25BrN4O/c1-16-9-10-18(12-17(16)2)21-7-3-4-8-22(21)23(30)29-11-5-6-20(15-29)28-24-26-13-19(25)14-27-24/h3-4,7-10,12-14,20H,5-6,11,15H2,1-2H3,(H,26,27,28). The molecule has 0 bridgehead atoms. The highest BCUT2D eigenvalue weighted by atomic mass is 79.9. The minimum absolute atomic E-state index is 0.0760. The number of hydrogen-bond acceptors (Lipinski definition) is 4. The molecule has 30 heavy (non-hydrogen) atoms. The molecule has 4 rings (SSSR count). The van der Waals surface area contributed by atoms with E-state index < -0.39 is 0 Å². The number of rotatable bonds is 4. The third-order valence-electron chi connectivity index (χ3n) is 5.64. The van der Waals surface area contributed by atoms with E-state index in [1.807, 2.05) is 29.2 Å². The van der Waals surface area contributed by atoms with Gasteiger partial charge in [0.2, 0.25) is 5.95 Å². The normalized spacial score (nSPS) is 16.4. The Morgan fingerprint density at radius 1 is 1.10 bits per heavy atom. The van der Waals surface area contributed by atoms with Crippen molar-refractivity contribution in [2.75, 3.05) is 18.4 Å². The molecule has 1 saturated heterocycles. The fourth-order valence-electron chi connectivity index (χ4n) is 3.85. The van der Waals surface area contributed by atoms with Crippen LogP contribution in [-0.4, -0.2) is 39.9 Å². The molecule has 2 heterocycles. The third kappa shape index (κ3) is 4.54. The Bertz CT molecular complexity index is 1050. The number of piperidine rings is 1. The molecule has 1 aliphatic heterocycles. The Hall–Kier alpha value is -2.73. The molecule has 6 heteroatoms. The van der Waals surface area contributed by atoms with Crippen LogP contribution in [0.15, 0.2) is 59.3 Å². The van der Waals surface area contributed by atoms with Crippen molar-refractivity contribution in [1.82, 2.24) is 14.9 Å². The van der Waals surface area contributed by atoms with E-state index in [1.165, 1.54) is 11.1 Å². The second kappa shape index (κ2) is 8.96. The fourth-order valence-corrected chi connectivity index (χ4v) is 4.05. The summed E-state index contributed by atoms with van der Waals surface area (Å²) in [6.07, 6.45) is 5.38. The van der Waals surface area contributed by atoms with Crippen LogP contribution in [0.1, 0.15) is 34.3 Å². The number of halogens is 1. The maximum absolute atomic E-state index is 13.4. The van der Waals surface area contributed by atoms with Crippen LogP contribution < -0.4 is 5.32 Å². The predicted octanol–water partition coefficient (Wildman–Crippen LogP) is 5.24. The Morgan fingerprint density at radius 2 is 1.87 bits per heavy atom. The topological polar surface area (TPSA) is 58.1 Å². The average Bonchev–Trinajstić information content (AvgIpc) is 2.77. The van der Waals surface area contributed by atoms with Crippen LogP contribution in [-0.2, 0) is 0 Å². The van der Waals surface area contributed by atoms with Crippen LogP contribution in [0, 0.1) is 13.8 Å². The molecule has 0 saturated carbocycles. The first-order valence-corrected chi connectivity index (χ1v) is 11.0. The highest BCUT2D eigenvalue weighted by molar-refractivity contribution is 9.10. The number of benzene rings is 2. The number of anilines is 1. The van der Waals surface area contributed by atoms with Gasteiger partial charge < -0.3 is 10.2 Å². The van der Waals surface area contributed by atoms with Gasteiger partial charge in [0.15, 0.2) is 0 Å². The van der Waals surface area contributed by atoms with E-state index in [-0.39, 0.29) is 11.9 Å². The predicted molar refractivity (Wildman–Crippen MR) is 124 cm³/mol. The lowest BCUT2D eigenvalue weighted by atomic mass is 9.95. The van der Waals surface area contributed by atoms with Crippen molar-refractivity contribution in [2.45, 2.75) is 32.7 Å². The van der Waals surface area contributed by atoms with E-state index in [0.717, 1.165) is 40.5 Å². The monoisotopic (exact) mass is 464 g/mol. The van der Waals surface area contributed by atoms with Crippen LogP contribution in [0.3, 0.4) is 0 Å². The smallest absolute Gasteiger partial charge is 0.254 e. The SMILES string of the molecule is Cc1ccc(-c2ccccc2C(=O)N2CCCC(Nc3ncc(Br)cn3)C2)cc1C. The van der Waals surface area contributed by atoms with Crippen LogP contribution in [0.25, 0.3) is 11.1 Å². The van der Waals surface area contributed by atoms with Crippen molar-refractivity contribution in [1.29, 1.82) is 0 Å². The number of nitrogens with one attached hydrogen (secondary N) is 1. The molecule has 1 aromatic heterocycles. The number of aromatic nitrogens is 2. The summed E-state index contributed by atoms with van der Waals surface area (Å²) in [7, 11) is 0. The number of nitrogens with zero attached hydrogens (tertiary/aromatic N) is 3. The Morgan fingerprint density at radius 3 is 2.63 bits per heavy atom. The Balaban J connectivity index is 1.54. The van der Waals surface area contributed by atoms with Gasteiger partial charge >= 0.3 is 0 Å². The zero-order valence-corrected chi connectivity index (χ0v) is 18.8. The lowest BCUT2D eigenvalue weighted by Crippen LogP contribution is -2.45. The van der Waals surface area contributed by atoms with Gasteiger partial charge in [0.25, 0.3) is 5.91 Å². The van der Waals surface area contributed by atoms with E-state index in [2.05, 4.69) is 63.3 Å². The molecule has 0 spiro atoms. The number of likely N-dealkylation sites (tertiary alicyclic amines) is 1. The first kappa shape index (κ1) is 20.5. The number of carbonyl (C=O) groups is 1. The minimum atomic E-state index is 0.0760. The van der Waals surface area contributed by atoms with Crippen LogP contribution in [0.2, 0.25) is 0 Å². The first-order chi connectivity index (χ1) is 14.5. The summed E-state index contributed by atoms with van der Waals surface area (Å²) in [6, 6.07) is 14.4. The van der Waals surface area contributed by atoms with Crippen molar-refractivity contribution >= 4 is 27.8 Å². The molecule has 0 radical (unpaired) electrons. The van der Waals surface area contributed by atoms with E-state index in [1.54, 1.807) is 12.4 Å². The van der Waals surface area contributed by atoms with E-state index in [4.69, 9.17) is 0 Å². The first-order valence-electron chi connectivity index (χ1n) is 10.2.